The molecule has 1 N–H and O–H groups in total. The number of pyridine rings is 1. The summed E-state index contributed by atoms with van der Waals surface area (Å²) in [4.78, 5) is 4.13. The van der Waals surface area contributed by atoms with Crippen LogP contribution in [0.3, 0.4) is 0 Å². The van der Waals surface area contributed by atoms with E-state index in [0.717, 1.165) is 28.9 Å². The van der Waals surface area contributed by atoms with Crippen molar-refractivity contribution in [2.45, 2.75) is 19.4 Å². The quantitative estimate of drug-likeness (QED) is 0.799. The van der Waals surface area contributed by atoms with Gasteiger partial charge in [-0.25, -0.2) is 4.68 Å². The van der Waals surface area contributed by atoms with E-state index in [-0.39, 0.29) is 0 Å². The molecule has 0 amide bonds. The van der Waals surface area contributed by atoms with Crippen LogP contribution in [0, 0.1) is 0 Å². The fourth-order valence-electron chi connectivity index (χ4n) is 2.46. The highest BCUT2D eigenvalue weighted by atomic mass is 16.3. The van der Waals surface area contributed by atoms with Gasteiger partial charge in [-0.3, -0.25) is 4.98 Å². The van der Waals surface area contributed by atoms with Gasteiger partial charge in [-0.2, -0.15) is 5.10 Å². The summed E-state index contributed by atoms with van der Waals surface area (Å²) < 4.78 is 1.77. The summed E-state index contributed by atoms with van der Waals surface area (Å²) >= 11 is 0. The number of aliphatic hydroxyl groups excluding tert-OH is 1. The van der Waals surface area contributed by atoms with Gasteiger partial charge in [0.25, 0.3) is 0 Å². The van der Waals surface area contributed by atoms with Crippen LogP contribution in [0.5, 0.6) is 0 Å². The first-order valence-electron chi connectivity index (χ1n) is 7.01. The van der Waals surface area contributed by atoms with Gasteiger partial charge in [-0.05, 0) is 41.8 Å². The summed E-state index contributed by atoms with van der Waals surface area (Å²) in [5.74, 6) is 0. The first-order chi connectivity index (χ1) is 10.3. The Morgan fingerprint density at radius 1 is 1.10 bits per heavy atom. The summed E-state index contributed by atoms with van der Waals surface area (Å²) in [7, 11) is 0. The normalized spacial score (nSPS) is 12.3. The highest BCUT2D eigenvalue weighted by molar-refractivity contribution is 5.37. The molecule has 0 saturated heterocycles. The Bertz CT molecular complexity index is 722. The molecule has 4 heteroatoms. The number of aromatic nitrogens is 3. The zero-order valence-electron chi connectivity index (χ0n) is 11.8. The lowest BCUT2D eigenvalue weighted by Crippen LogP contribution is -2.10. The molecule has 0 aliphatic heterocycles. The zero-order chi connectivity index (χ0) is 14.7. The second-order valence-electron chi connectivity index (χ2n) is 4.83. The fourth-order valence-corrected chi connectivity index (χ4v) is 2.46. The highest BCUT2D eigenvalue weighted by Crippen LogP contribution is 2.26. The largest absolute Gasteiger partial charge is 0.382 e. The summed E-state index contributed by atoms with van der Waals surface area (Å²) in [6.07, 6.45) is 5.34. The van der Waals surface area contributed by atoms with Crippen LogP contribution in [0.15, 0.2) is 61.1 Å². The molecule has 2 heterocycles. The molecule has 1 atom stereocenters. The van der Waals surface area contributed by atoms with Crippen LogP contribution in [0.2, 0.25) is 0 Å². The Morgan fingerprint density at radius 2 is 1.90 bits per heavy atom. The number of nitrogens with zero attached hydrogens (tertiary/aromatic N) is 3. The van der Waals surface area contributed by atoms with Gasteiger partial charge in [-0.1, -0.05) is 25.1 Å². The van der Waals surface area contributed by atoms with Gasteiger partial charge in [0.2, 0.25) is 0 Å². The first kappa shape index (κ1) is 13.5. The summed E-state index contributed by atoms with van der Waals surface area (Å²) in [6.45, 7) is 2.06. The maximum Gasteiger partial charge on any atom is 0.121 e. The van der Waals surface area contributed by atoms with E-state index in [9.17, 15) is 5.11 Å². The van der Waals surface area contributed by atoms with Crippen LogP contribution in [0.4, 0.5) is 0 Å². The molecule has 0 fully saturated rings. The van der Waals surface area contributed by atoms with Gasteiger partial charge in [0.05, 0.1) is 11.4 Å². The zero-order valence-corrected chi connectivity index (χ0v) is 11.8. The van der Waals surface area contributed by atoms with Gasteiger partial charge in [0.1, 0.15) is 6.10 Å². The van der Waals surface area contributed by atoms with Crippen molar-refractivity contribution in [3.05, 3.63) is 77.9 Å². The number of aryl methyl sites for hydroxylation is 1. The molecule has 0 aliphatic carbocycles. The van der Waals surface area contributed by atoms with Crippen LogP contribution in [0.1, 0.15) is 29.8 Å². The lowest BCUT2D eigenvalue weighted by Gasteiger charge is -2.16. The van der Waals surface area contributed by atoms with Crippen molar-refractivity contribution in [3.8, 4) is 5.69 Å². The molecule has 3 rings (SSSR count). The monoisotopic (exact) mass is 279 g/mol. The van der Waals surface area contributed by atoms with Crippen LogP contribution < -0.4 is 0 Å². The number of hydrogen-bond donors (Lipinski definition) is 1. The lowest BCUT2D eigenvalue weighted by atomic mass is 10.0. The number of para-hydroxylation sites is 1. The number of aliphatic hydroxyl groups is 1. The Labute approximate surface area is 123 Å². The minimum Gasteiger partial charge on any atom is -0.382 e. The van der Waals surface area contributed by atoms with Gasteiger partial charge in [0, 0.05) is 18.6 Å². The molecule has 21 heavy (non-hydrogen) atoms. The second kappa shape index (κ2) is 5.89. The average Bonchev–Trinajstić information content (AvgIpc) is 3.04. The van der Waals surface area contributed by atoms with E-state index in [2.05, 4.69) is 17.0 Å². The molecule has 1 unspecified atom stereocenters. The molecule has 0 spiro atoms. The number of rotatable bonds is 4. The Morgan fingerprint density at radius 3 is 2.67 bits per heavy atom. The number of benzene rings is 1. The van der Waals surface area contributed by atoms with E-state index in [1.54, 1.807) is 17.1 Å². The summed E-state index contributed by atoms with van der Waals surface area (Å²) in [5, 5.41) is 15.1. The van der Waals surface area contributed by atoms with Crippen molar-refractivity contribution in [1.82, 2.24) is 14.8 Å². The van der Waals surface area contributed by atoms with E-state index in [4.69, 9.17) is 0 Å². The van der Waals surface area contributed by atoms with Crippen molar-refractivity contribution in [2.75, 3.05) is 0 Å². The van der Waals surface area contributed by atoms with Crippen molar-refractivity contribution in [2.24, 2.45) is 0 Å². The van der Waals surface area contributed by atoms with Crippen LogP contribution in [-0.2, 0) is 6.42 Å². The summed E-state index contributed by atoms with van der Waals surface area (Å²) in [5.41, 5.74) is 3.61. The first-order valence-corrected chi connectivity index (χ1v) is 7.01. The topological polar surface area (TPSA) is 50.9 Å². The molecule has 106 valence electrons. The highest BCUT2D eigenvalue weighted by Gasteiger charge is 2.18. The van der Waals surface area contributed by atoms with Crippen LogP contribution >= 0.6 is 0 Å². The van der Waals surface area contributed by atoms with Crippen molar-refractivity contribution in [3.63, 3.8) is 0 Å². The predicted molar refractivity (Wildman–Crippen MR) is 81.2 cm³/mol. The van der Waals surface area contributed by atoms with Crippen molar-refractivity contribution < 1.29 is 5.11 Å². The molecular formula is C17H17N3O. The molecule has 3 aromatic rings. The van der Waals surface area contributed by atoms with E-state index < -0.39 is 6.10 Å². The molecule has 0 bridgehead atoms. The van der Waals surface area contributed by atoms with Crippen LogP contribution in [-0.4, -0.2) is 19.9 Å². The second-order valence-corrected chi connectivity index (χ2v) is 4.83. The predicted octanol–water partition coefficient (Wildman–Crippen LogP) is 2.91. The van der Waals surface area contributed by atoms with E-state index in [1.165, 1.54) is 0 Å². The van der Waals surface area contributed by atoms with Gasteiger partial charge >= 0.3 is 0 Å². The number of hydrogen-bond acceptors (Lipinski definition) is 3. The maximum atomic E-state index is 10.7. The molecule has 0 aliphatic rings. The third-order valence-electron chi connectivity index (χ3n) is 3.57. The minimum absolute atomic E-state index is 0.717. The van der Waals surface area contributed by atoms with Crippen molar-refractivity contribution in [1.29, 1.82) is 0 Å². The SMILES string of the molecule is CCc1cnccc1C(O)c1ccnn1-c1ccccc1. The Balaban J connectivity index is 2.04. The lowest BCUT2D eigenvalue weighted by molar-refractivity contribution is 0.210. The molecule has 0 saturated carbocycles. The average molecular weight is 279 g/mol. The molecular weight excluding hydrogens is 262 g/mol. The smallest absolute Gasteiger partial charge is 0.121 e. The van der Waals surface area contributed by atoms with Crippen molar-refractivity contribution >= 4 is 0 Å². The van der Waals surface area contributed by atoms with Crippen LogP contribution in [0.25, 0.3) is 5.69 Å². The van der Waals surface area contributed by atoms with Gasteiger partial charge < -0.3 is 5.11 Å². The molecule has 2 aromatic heterocycles. The molecule has 0 radical (unpaired) electrons. The van der Waals surface area contributed by atoms with E-state index in [0.29, 0.717) is 0 Å². The van der Waals surface area contributed by atoms with E-state index in [1.807, 2.05) is 48.7 Å². The Kier molecular flexibility index (Phi) is 3.79. The van der Waals surface area contributed by atoms with Gasteiger partial charge in [0.15, 0.2) is 0 Å². The third-order valence-corrected chi connectivity index (χ3v) is 3.57. The maximum absolute atomic E-state index is 10.7. The minimum atomic E-state index is -0.717. The van der Waals surface area contributed by atoms with E-state index >= 15 is 0 Å². The standard InChI is InChI=1S/C17H17N3O/c1-2-13-12-18-10-8-15(13)17(21)16-9-11-19-20(16)14-6-4-3-5-7-14/h3-12,17,21H,2H2,1H3. The molecule has 1 aromatic carbocycles. The Hall–Kier alpha value is -2.46. The third kappa shape index (κ3) is 2.58. The van der Waals surface area contributed by atoms with Gasteiger partial charge in [-0.15, -0.1) is 0 Å². The fraction of sp³-hybridized carbons (Fsp3) is 0.176. The summed E-state index contributed by atoms with van der Waals surface area (Å²) in [6, 6.07) is 13.5. The molecule has 4 nitrogen and oxygen atoms in total.